The highest BCUT2D eigenvalue weighted by Gasteiger charge is 1.94. The quantitative estimate of drug-likeness (QED) is 0.500. The lowest BCUT2D eigenvalue weighted by Gasteiger charge is -1.90. The number of carbonyl (C=O) groups is 1. The van der Waals surface area contributed by atoms with E-state index in [1.165, 1.54) is 0 Å². The summed E-state index contributed by atoms with van der Waals surface area (Å²) < 4.78 is 1.71. The molecule has 1 rings (SSSR count). The molecule has 1 aromatic rings. The van der Waals surface area contributed by atoms with Gasteiger partial charge in [-0.3, -0.25) is 9.48 Å². The van der Waals surface area contributed by atoms with Crippen LogP contribution in [0.4, 0.5) is 0 Å². The van der Waals surface area contributed by atoms with Crippen molar-refractivity contribution in [1.82, 2.24) is 9.78 Å². The van der Waals surface area contributed by atoms with E-state index in [1.807, 2.05) is 26.2 Å². The number of aryl methyl sites for hydroxylation is 1. The van der Waals surface area contributed by atoms with Crippen LogP contribution in [-0.4, -0.2) is 16.1 Å². The van der Waals surface area contributed by atoms with Gasteiger partial charge in [-0.15, -0.1) is 0 Å². The van der Waals surface area contributed by atoms with Crippen LogP contribution < -0.4 is 0 Å². The van der Waals surface area contributed by atoms with Gasteiger partial charge in [0.15, 0.2) is 0 Å². The molecule has 3 nitrogen and oxygen atoms in total. The van der Waals surface area contributed by atoms with Crippen molar-refractivity contribution in [3.05, 3.63) is 23.5 Å². The van der Waals surface area contributed by atoms with E-state index in [9.17, 15) is 4.79 Å². The van der Waals surface area contributed by atoms with E-state index >= 15 is 0 Å². The summed E-state index contributed by atoms with van der Waals surface area (Å²) in [5, 5.41) is 4.13. The second-order valence-electron chi connectivity index (χ2n) is 2.60. The summed E-state index contributed by atoms with van der Waals surface area (Å²) >= 11 is 0. The fourth-order valence-corrected chi connectivity index (χ4v) is 0.919. The average molecular weight is 164 g/mol. The molecule has 0 saturated carbocycles. The molecule has 0 unspecified atom stereocenters. The summed E-state index contributed by atoms with van der Waals surface area (Å²) in [6, 6.07) is 1.87. The van der Waals surface area contributed by atoms with Gasteiger partial charge in [0.1, 0.15) is 6.29 Å². The van der Waals surface area contributed by atoms with Gasteiger partial charge in [-0.2, -0.15) is 5.10 Å². The van der Waals surface area contributed by atoms with E-state index in [-0.39, 0.29) is 0 Å². The molecule has 0 saturated heterocycles. The first-order chi connectivity index (χ1) is 5.76. The highest BCUT2D eigenvalue weighted by molar-refractivity contribution is 5.80. The molecule has 0 atom stereocenters. The van der Waals surface area contributed by atoms with Gasteiger partial charge in [-0.05, 0) is 24.1 Å². The summed E-state index contributed by atoms with van der Waals surface area (Å²) in [6.45, 7) is 1.95. The molecule has 0 spiro atoms. The van der Waals surface area contributed by atoms with Crippen molar-refractivity contribution in [2.45, 2.75) is 13.3 Å². The second kappa shape index (κ2) is 3.85. The number of carbonyl (C=O) groups excluding carboxylic acids is 1. The first-order valence-electron chi connectivity index (χ1n) is 3.91. The third kappa shape index (κ3) is 2.05. The molecule has 0 aliphatic rings. The zero-order chi connectivity index (χ0) is 8.97. The predicted octanol–water partition coefficient (Wildman–Crippen LogP) is 1.41. The maximum atomic E-state index is 10.4. The van der Waals surface area contributed by atoms with E-state index < -0.39 is 0 Å². The molecule has 0 bridgehead atoms. The smallest absolute Gasteiger partial charge is 0.146 e. The van der Waals surface area contributed by atoms with Gasteiger partial charge >= 0.3 is 0 Å². The molecule has 12 heavy (non-hydrogen) atoms. The first-order valence-corrected chi connectivity index (χ1v) is 3.91. The second-order valence-corrected chi connectivity index (χ2v) is 2.60. The number of hydrogen-bond donors (Lipinski definition) is 0. The Morgan fingerprint density at radius 1 is 1.75 bits per heavy atom. The fourth-order valence-electron chi connectivity index (χ4n) is 0.919. The maximum absolute atomic E-state index is 10.4. The molecule has 64 valence electrons. The van der Waals surface area contributed by atoms with Crippen LogP contribution in [0.2, 0.25) is 0 Å². The monoisotopic (exact) mass is 164 g/mol. The van der Waals surface area contributed by atoms with E-state index in [2.05, 4.69) is 5.10 Å². The van der Waals surface area contributed by atoms with Gasteiger partial charge in [0, 0.05) is 13.2 Å². The van der Waals surface area contributed by atoms with Crippen molar-refractivity contribution in [1.29, 1.82) is 0 Å². The highest BCUT2D eigenvalue weighted by atomic mass is 16.1. The number of aldehydes is 1. The number of rotatable bonds is 3. The van der Waals surface area contributed by atoms with Crippen LogP contribution in [0.15, 0.2) is 17.8 Å². The first kappa shape index (κ1) is 8.71. The minimum absolute atomic E-state index is 0.750. The summed E-state index contributed by atoms with van der Waals surface area (Å²) in [5.41, 5.74) is 1.61. The lowest BCUT2D eigenvalue weighted by atomic mass is 10.2. The zero-order valence-electron chi connectivity index (χ0n) is 7.32. The van der Waals surface area contributed by atoms with E-state index in [1.54, 1.807) is 10.8 Å². The molecule has 0 aromatic carbocycles. The Kier molecular flexibility index (Phi) is 2.80. The molecule has 1 heterocycles. The van der Waals surface area contributed by atoms with E-state index in [0.717, 1.165) is 24.0 Å². The molecule has 0 amide bonds. The number of nitrogens with zero attached hydrogens (tertiary/aromatic N) is 2. The Hall–Kier alpha value is -1.38. The van der Waals surface area contributed by atoms with Crippen molar-refractivity contribution in [2.75, 3.05) is 0 Å². The number of aromatic nitrogens is 2. The molecule has 0 aliphatic heterocycles. The fraction of sp³-hybridized carbons (Fsp3) is 0.333. The lowest BCUT2D eigenvalue weighted by molar-refractivity contribution is -0.104. The van der Waals surface area contributed by atoms with Crippen LogP contribution in [0.5, 0.6) is 0 Å². The van der Waals surface area contributed by atoms with Gasteiger partial charge in [0.05, 0.1) is 5.69 Å². The Balaban J connectivity index is 2.85. The summed E-state index contributed by atoms with van der Waals surface area (Å²) in [6.07, 6.45) is 5.27. The van der Waals surface area contributed by atoms with Crippen molar-refractivity contribution in [2.24, 2.45) is 7.05 Å². The van der Waals surface area contributed by atoms with Crippen molar-refractivity contribution in [3.63, 3.8) is 0 Å². The normalized spacial score (nSPS) is 11.7. The van der Waals surface area contributed by atoms with Crippen LogP contribution in [-0.2, 0) is 11.8 Å². The standard InChI is InChI=1S/C9H12N2O/c1-3-8(7-12)6-9-4-5-11(2)10-9/h4-7H,3H2,1-2H3/b8-6-. The van der Waals surface area contributed by atoms with E-state index in [4.69, 9.17) is 0 Å². The maximum Gasteiger partial charge on any atom is 0.146 e. The summed E-state index contributed by atoms with van der Waals surface area (Å²) in [7, 11) is 1.85. The Morgan fingerprint density at radius 3 is 2.92 bits per heavy atom. The highest BCUT2D eigenvalue weighted by Crippen LogP contribution is 2.04. The lowest BCUT2D eigenvalue weighted by Crippen LogP contribution is -1.88. The van der Waals surface area contributed by atoms with Crippen LogP contribution in [0.3, 0.4) is 0 Å². The van der Waals surface area contributed by atoms with Crippen LogP contribution in [0, 0.1) is 0 Å². The van der Waals surface area contributed by atoms with Gasteiger partial charge < -0.3 is 0 Å². The van der Waals surface area contributed by atoms with Crippen LogP contribution in [0.25, 0.3) is 6.08 Å². The van der Waals surface area contributed by atoms with Crippen molar-refractivity contribution in [3.8, 4) is 0 Å². The zero-order valence-corrected chi connectivity index (χ0v) is 7.32. The molecule has 3 heteroatoms. The molecular weight excluding hydrogens is 152 g/mol. The average Bonchev–Trinajstić information content (AvgIpc) is 2.47. The van der Waals surface area contributed by atoms with Crippen molar-refractivity contribution >= 4 is 12.4 Å². The molecule has 0 N–H and O–H groups in total. The molecule has 0 fully saturated rings. The van der Waals surface area contributed by atoms with Gasteiger partial charge in [-0.25, -0.2) is 0 Å². The third-order valence-corrected chi connectivity index (χ3v) is 1.63. The largest absolute Gasteiger partial charge is 0.298 e. The van der Waals surface area contributed by atoms with Crippen LogP contribution >= 0.6 is 0 Å². The molecule has 0 aliphatic carbocycles. The van der Waals surface area contributed by atoms with Gasteiger partial charge in [0.25, 0.3) is 0 Å². The topological polar surface area (TPSA) is 34.9 Å². The predicted molar refractivity (Wildman–Crippen MR) is 47.5 cm³/mol. The SMILES string of the molecule is CC/C(C=O)=C/c1ccn(C)n1. The van der Waals surface area contributed by atoms with E-state index in [0.29, 0.717) is 0 Å². The molecule has 1 aromatic heterocycles. The minimum Gasteiger partial charge on any atom is -0.298 e. The summed E-state index contributed by atoms with van der Waals surface area (Å²) in [5.74, 6) is 0. The minimum atomic E-state index is 0.750. The molecular formula is C9H12N2O. The Morgan fingerprint density at radius 2 is 2.50 bits per heavy atom. The van der Waals surface area contributed by atoms with Crippen molar-refractivity contribution < 1.29 is 4.79 Å². The third-order valence-electron chi connectivity index (χ3n) is 1.63. The molecule has 0 radical (unpaired) electrons. The van der Waals surface area contributed by atoms with Gasteiger partial charge in [0.2, 0.25) is 0 Å². The Labute approximate surface area is 71.7 Å². The number of hydrogen-bond acceptors (Lipinski definition) is 2. The van der Waals surface area contributed by atoms with Crippen LogP contribution in [0.1, 0.15) is 19.0 Å². The number of allylic oxidation sites excluding steroid dienone is 1. The van der Waals surface area contributed by atoms with Gasteiger partial charge in [-0.1, -0.05) is 6.92 Å². The summed E-state index contributed by atoms with van der Waals surface area (Å²) in [4.78, 5) is 10.4. The Bertz CT molecular complexity index is 299.